The highest BCUT2D eigenvalue weighted by atomic mass is 32.2. The number of thioether (sulfide) groups is 1. The van der Waals surface area contributed by atoms with Crippen LogP contribution in [0, 0.1) is 18.7 Å². The number of rotatable bonds is 4. The first-order valence-electron chi connectivity index (χ1n) is 6.50. The third-order valence-corrected chi connectivity index (χ3v) is 4.76. The van der Waals surface area contributed by atoms with Gasteiger partial charge in [-0.05, 0) is 60.8 Å². The molecular formula is C14H21FN2S. The van der Waals surface area contributed by atoms with Gasteiger partial charge in [0, 0.05) is 6.04 Å². The van der Waals surface area contributed by atoms with Gasteiger partial charge < -0.3 is 0 Å². The summed E-state index contributed by atoms with van der Waals surface area (Å²) < 4.78 is 13.6. The van der Waals surface area contributed by atoms with Crippen LogP contribution in [0.3, 0.4) is 0 Å². The zero-order valence-electron chi connectivity index (χ0n) is 10.8. The van der Waals surface area contributed by atoms with Crippen molar-refractivity contribution in [2.75, 3.05) is 11.5 Å². The third-order valence-electron chi connectivity index (χ3n) is 3.71. The van der Waals surface area contributed by atoms with Crippen molar-refractivity contribution in [3.63, 3.8) is 0 Å². The maximum atomic E-state index is 13.6. The maximum absolute atomic E-state index is 13.6. The maximum Gasteiger partial charge on any atom is 0.126 e. The number of nitrogens with two attached hydrogens (primary N) is 1. The average molecular weight is 268 g/mol. The van der Waals surface area contributed by atoms with E-state index in [4.69, 9.17) is 5.84 Å². The number of hydrogen-bond donors (Lipinski definition) is 2. The Morgan fingerprint density at radius 3 is 2.78 bits per heavy atom. The molecule has 0 aliphatic carbocycles. The van der Waals surface area contributed by atoms with E-state index in [0.717, 1.165) is 12.0 Å². The Hall–Kier alpha value is -0.580. The van der Waals surface area contributed by atoms with Crippen molar-refractivity contribution in [1.82, 2.24) is 5.43 Å². The Balaban J connectivity index is 2.04. The van der Waals surface area contributed by atoms with Gasteiger partial charge in [-0.15, -0.1) is 0 Å². The lowest BCUT2D eigenvalue weighted by Gasteiger charge is -2.26. The van der Waals surface area contributed by atoms with Crippen molar-refractivity contribution < 1.29 is 4.39 Å². The number of nitrogens with one attached hydrogen (secondary N) is 1. The standard InChI is InChI=1S/C14H21FN2S/c1-10-2-3-12(9-13(10)15)14(17-16)8-11-4-6-18-7-5-11/h2-3,9,11,14,17H,4-8,16H2,1H3. The average Bonchev–Trinajstić information content (AvgIpc) is 2.40. The van der Waals surface area contributed by atoms with Crippen molar-refractivity contribution in [2.24, 2.45) is 11.8 Å². The largest absolute Gasteiger partial charge is 0.271 e. The lowest BCUT2D eigenvalue weighted by molar-refractivity contribution is 0.373. The minimum Gasteiger partial charge on any atom is -0.271 e. The number of benzene rings is 1. The monoisotopic (exact) mass is 268 g/mol. The van der Waals surface area contributed by atoms with E-state index in [0.29, 0.717) is 11.5 Å². The zero-order chi connectivity index (χ0) is 13.0. The van der Waals surface area contributed by atoms with Crippen LogP contribution in [0.5, 0.6) is 0 Å². The van der Waals surface area contributed by atoms with Gasteiger partial charge in [0.1, 0.15) is 5.82 Å². The second-order valence-corrected chi connectivity index (χ2v) is 6.24. The molecule has 2 nitrogen and oxygen atoms in total. The molecule has 0 bridgehead atoms. The molecule has 0 radical (unpaired) electrons. The van der Waals surface area contributed by atoms with E-state index in [1.807, 2.05) is 23.9 Å². The molecule has 3 N–H and O–H groups in total. The molecule has 1 aromatic carbocycles. The highest BCUT2D eigenvalue weighted by Gasteiger charge is 2.20. The first-order valence-corrected chi connectivity index (χ1v) is 7.66. The Labute approximate surface area is 112 Å². The van der Waals surface area contributed by atoms with Crippen LogP contribution in [-0.2, 0) is 0 Å². The number of aryl methyl sites for hydroxylation is 1. The van der Waals surface area contributed by atoms with Gasteiger partial charge in [-0.2, -0.15) is 11.8 Å². The molecule has 100 valence electrons. The summed E-state index contributed by atoms with van der Waals surface area (Å²) >= 11 is 2.02. The second kappa shape index (κ2) is 6.55. The summed E-state index contributed by atoms with van der Waals surface area (Å²) in [6, 6.07) is 5.47. The topological polar surface area (TPSA) is 38.0 Å². The smallest absolute Gasteiger partial charge is 0.126 e. The summed E-state index contributed by atoms with van der Waals surface area (Å²) in [6.45, 7) is 1.78. The van der Waals surface area contributed by atoms with Gasteiger partial charge in [-0.3, -0.25) is 11.3 Å². The van der Waals surface area contributed by atoms with Crippen LogP contribution in [0.15, 0.2) is 18.2 Å². The Kier molecular flexibility index (Phi) is 5.03. The van der Waals surface area contributed by atoms with Gasteiger partial charge in [0.2, 0.25) is 0 Å². The summed E-state index contributed by atoms with van der Waals surface area (Å²) in [5.74, 6) is 8.67. The molecule has 18 heavy (non-hydrogen) atoms. The quantitative estimate of drug-likeness (QED) is 0.650. The first-order chi connectivity index (χ1) is 8.70. The van der Waals surface area contributed by atoms with Crippen LogP contribution in [0.1, 0.15) is 36.4 Å². The predicted octanol–water partition coefficient (Wildman–Crippen LogP) is 3.17. The Morgan fingerprint density at radius 1 is 1.44 bits per heavy atom. The van der Waals surface area contributed by atoms with Gasteiger partial charge in [0.05, 0.1) is 0 Å². The molecule has 0 spiro atoms. The minimum atomic E-state index is -0.146. The summed E-state index contributed by atoms with van der Waals surface area (Å²) in [4.78, 5) is 0. The molecule has 1 aliphatic rings. The molecule has 1 saturated heterocycles. The van der Waals surface area contributed by atoms with Gasteiger partial charge in [-0.1, -0.05) is 12.1 Å². The summed E-state index contributed by atoms with van der Waals surface area (Å²) in [7, 11) is 0. The fourth-order valence-electron chi connectivity index (χ4n) is 2.44. The zero-order valence-corrected chi connectivity index (χ0v) is 11.6. The van der Waals surface area contributed by atoms with Crippen LogP contribution in [-0.4, -0.2) is 11.5 Å². The molecule has 1 fully saturated rings. The molecule has 1 aliphatic heterocycles. The van der Waals surface area contributed by atoms with Gasteiger partial charge >= 0.3 is 0 Å². The molecular weight excluding hydrogens is 247 g/mol. The van der Waals surface area contributed by atoms with Crippen LogP contribution in [0.25, 0.3) is 0 Å². The van der Waals surface area contributed by atoms with Gasteiger partial charge in [0.15, 0.2) is 0 Å². The SMILES string of the molecule is Cc1ccc(C(CC2CCSCC2)NN)cc1F. The van der Waals surface area contributed by atoms with E-state index in [1.54, 1.807) is 13.0 Å². The van der Waals surface area contributed by atoms with Crippen LogP contribution < -0.4 is 11.3 Å². The van der Waals surface area contributed by atoms with E-state index in [1.165, 1.54) is 24.3 Å². The van der Waals surface area contributed by atoms with Gasteiger partial charge in [0.25, 0.3) is 0 Å². The molecule has 2 rings (SSSR count). The van der Waals surface area contributed by atoms with E-state index in [-0.39, 0.29) is 11.9 Å². The molecule has 1 atom stereocenters. The van der Waals surface area contributed by atoms with Crippen molar-refractivity contribution >= 4 is 11.8 Å². The van der Waals surface area contributed by atoms with Crippen molar-refractivity contribution in [3.8, 4) is 0 Å². The summed E-state index contributed by atoms with van der Waals surface area (Å²) in [5, 5.41) is 0. The lowest BCUT2D eigenvalue weighted by atomic mass is 9.91. The van der Waals surface area contributed by atoms with E-state index in [2.05, 4.69) is 5.43 Å². The molecule has 0 saturated carbocycles. The highest BCUT2D eigenvalue weighted by Crippen LogP contribution is 2.31. The molecule has 1 unspecified atom stereocenters. The van der Waals surface area contributed by atoms with Crippen molar-refractivity contribution in [2.45, 2.75) is 32.2 Å². The van der Waals surface area contributed by atoms with E-state index in [9.17, 15) is 4.39 Å². The molecule has 0 aromatic heterocycles. The molecule has 0 amide bonds. The summed E-state index contributed by atoms with van der Waals surface area (Å²) in [5.41, 5.74) is 4.48. The fourth-order valence-corrected chi connectivity index (χ4v) is 3.65. The normalized spacial score (nSPS) is 18.8. The lowest BCUT2D eigenvalue weighted by Crippen LogP contribution is -2.30. The first kappa shape index (κ1) is 13.8. The molecule has 4 heteroatoms. The van der Waals surface area contributed by atoms with Crippen LogP contribution >= 0.6 is 11.8 Å². The molecule has 1 aromatic rings. The van der Waals surface area contributed by atoms with E-state index < -0.39 is 0 Å². The highest BCUT2D eigenvalue weighted by molar-refractivity contribution is 7.99. The number of hydrazine groups is 1. The van der Waals surface area contributed by atoms with Crippen LogP contribution in [0.4, 0.5) is 4.39 Å². The van der Waals surface area contributed by atoms with Crippen molar-refractivity contribution in [1.29, 1.82) is 0 Å². The minimum absolute atomic E-state index is 0.0631. The van der Waals surface area contributed by atoms with E-state index >= 15 is 0 Å². The Bertz CT molecular complexity index is 391. The third kappa shape index (κ3) is 3.46. The number of hydrogen-bond acceptors (Lipinski definition) is 3. The van der Waals surface area contributed by atoms with Crippen molar-refractivity contribution in [3.05, 3.63) is 35.1 Å². The predicted molar refractivity (Wildman–Crippen MR) is 75.9 cm³/mol. The number of halogens is 1. The second-order valence-electron chi connectivity index (χ2n) is 5.02. The summed E-state index contributed by atoms with van der Waals surface area (Å²) in [6.07, 6.45) is 3.49. The fraction of sp³-hybridized carbons (Fsp3) is 0.571. The van der Waals surface area contributed by atoms with Crippen LogP contribution in [0.2, 0.25) is 0 Å². The molecule has 1 heterocycles. The Morgan fingerprint density at radius 2 is 2.17 bits per heavy atom. The van der Waals surface area contributed by atoms with Gasteiger partial charge in [-0.25, -0.2) is 4.39 Å².